The van der Waals surface area contributed by atoms with Gasteiger partial charge in [0.1, 0.15) is 5.76 Å². The summed E-state index contributed by atoms with van der Waals surface area (Å²) in [7, 11) is 0. The molecule has 1 atom stereocenters. The molecule has 0 radical (unpaired) electrons. The van der Waals surface area contributed by atoms with Gasteiger partial charge in [0.2, 0.25) is 0 Å². The fourth-order valence-electron chi connectivity index (χ4n) is 2.44. The minimum absolute atomic E-state index is 0. The fraction of sp³-hybridized carbons (Fsp3) is 0.450. The van der Waals surface area contributed by atoms with Gasteiger partial charge < -0.3 is 19.8 Å². The first-order valence-corrected chi connectivity index (χ1v) is 8.99. The Morgan fingerprint density at radius 3 is 2.69 bits per heavy atom. The number of furan rings is 1. The van der Waals surface area contributed by atoms with Crippen LogP contribution in [-0.2, 0) is 11.2 Å². The maximum absolute atomic E-state index is 5.37. The van der Waals surface area contributed by atoms with Crippen molar-refractivity contribution in [2.24, 2.45) is 4.99 Å². The summed E-state index contributed by atoms with van der Waals surface area (Å²) in [4.78, 5) is 4.66. The maximum atomic E-state index is 5.37. The van der Waals surface area contributed by atoms with Crippen molar-refractivity contribution < 1.29 is 9.15 Å². The van der Waals surface area contributed by atoms with E-state index in [0.29, 0.717) is 0 Å². The molecule has 2 N–H and O–H groups in total. The van der Waals surface area contributed by atoms with Gasteiger partial charge in [-0.2, -0.15) is 0 Å². The predicted octanol–water partition coefficient (Wildman–Crippen LogP) is 4.16. The van der Waals surface area contributed by atoms with E-state index in [1.807, 2.05) is 25.1 Å². The minimum Gasteiger partial charge on any atom is -0.469 e. The average Bonchev–Trinajstić information content (AvgIpc) is 3.15. The average molecular weight is 471 g/mol. The number of nitrogens with zero attached hydrogens (tertiary/aromatic N) is 1. The van der Waals surface area contributed by atoms with Gasteiger partial charge in [-0.3, -0.25) is 4.99 Å². The Hall–Kier alpha value is -1.54. The van der Waals surface area contributed by atoms with Crippen LogP contribution in [0, 0.1) is 0 Å². The minimum atomic E-state index is 0. The van der Waals surface area contributed by atoms with Crippen LogP contribution in [0.3, 0.4) is 0 Å². The van der Waals surface area contributed by atoms with Crippen LogP contribution in [0.4, 0.5) is 0 Å². The molecule has 0 bridgehead atoms. The standard InChI is InChI=1S/C20H29N3O2.HI/c1-3-24-15-8-13-21-20(22-14-12-19-11-7-16-25-19)23-17(2)18-9-5-4-6-10-18;/h4-7,9-11,16-17H,3,8,12-15H2,1-2H3,(H2,21,22,23);1H. The van der Waals surface area contributed by atoms with E-state index >= 15 is 0 Å². The van der Waals surface area contributed by atoms with E-state index in [9.17, 15) is 0 Å². The molecule has 0 fully saturated rings. The van der Waals surface area contributed by atoms with Gasteiger partial charge >= 0.3 is 0 Å². The topological polar surface area (TPSA) is 58.8 Å². The number of nitrogens with one attached hydrogen (secondary N) is 2. The second-order valence-corrected chi connectivity index (χ2v) is 5.81. The zero-order chi connectivity index (χ0) is 17.7. The lowest BCUT2D eigenvalue weighted by Gasteiger charge is -2.18. The summed E-state index contributed by atoms with van der Waals surface area (Å²) in [5, 5.41) is 6.86. The summed E-state index contributed by atoms with van der Waals surface area (Å²) in [5.41, 5.74) is 1.23. The number of guanidine groups is 1. The Bertz CT molecular complexity index is 603. The van der Waals surface area contributed by atoms with Crippen molar-refractivity contribution in [3.8, 4) is 0 Å². The molecule has 0 saturated carbocycles. The lowest BCUT2D eigenvalue weighted by Crippen LogP contribution is -2.40. The molecule has 1 heterocycles. The smallest absolute Gasteiger partial charge is 0.191 e. The van der Waals surface area contributed by atoms with Gasteiger partial charge in [-0.1, -0.05) is 30.3 Å². The second-order valence-electron chi connectivity index (χ2n) is 5.81. The summed E-state index contributed by atoms with van der Waals surface area (Å²) in [6.07, 6.45) is 3.44. The Morgan fingerprint density at radius 2 is 2.00 bits per heavy atom. The molecule has 0 aliphatic rings. The monoisotopic (exact) mass is 471 g/mol. The van der Waals surface area contributed by atoms with E-state index in [1.54, 1.807) is 6.26 Å². The van der Waals surface area contributed by atoms with Crippen molar-refractivity contribution in [2.75, 3.05) is 26.3 Å². The molecule has 0 aliphatic carbocycles. The third-order valence-electron chi connectivity index (χ3n) is 3.82. The number of hydrogen-bond acceptors (Lipinski definition) is 3. The molecule has 1 unspecified atom stereocenters. The molecule has 1 aromatic heterocycles. The van der Waals surface area contributed by atoms with Crippen LogP contribution >= 0.6 is 24.0 Å². The summed E-state index contributed by atoms with van der Waals surface area (Å²) in [6.45, 7) is 7.15. The molecule has 0 spiro atoms. The Morgan fingerprint density at radius 1 is 1.19 bits per heavy atom. The highest BCUT2D eigenvalue weighted by atomic mass is 127. The molecule has 6 heteroatoms. The highest BCUT2D eigenvalue weighted by Crippen LogP contribution is 2.10. The molecule has 2 rings (SSSR count). The van der Waals surface area contributed by atoms with Crippen LogP contribution in [0.2, 0.25) is 0 Å². The van der Waals surface area contributed by atoms with Crippen molar-refractivity contribution in [2.45, 2.75) is 32.7 Å². The van der Waals surface area contributed by atoms with Crippen LogP contribution in [-0.4, -0.2) is 32.3 Å². The quantitative estimate of drug-likeness (QED) is 0.237. The molecular weight excluding hydrogens is 441 g/mol. The lowest BCUT2D eigenvalue weighted by molar-refractivity contribution is 0.146. The first kappa shape index (κ1) is 22.5. The Labute approximate surface area is 173 Å². The number of halogens is 1. The van der Waals surface area contributed by atoms with E-state index in [1.165, 1.54) is 5.56 Å². The van der Waals surface area contributed by atoms with E-state index in [4.69, 9.17) is 9.15 Å². The highest BCUT2D eigenvalue weighted by molar-refractivity contribution is 14.0. The summed E-state index contributed by atoms with van der Waals surface area (Å²) >= 11 is 0. The highest BCUT2D eigenvalue weighted by Gasteiger charge is 2.07. The molecule has 144 valence electrons. The van der Waals surface area contributed by atoms with E-state index < -0.39 is 0 Å². The van der Waals surface area contributed by atoms with Gasteiger partial charge in [0.25, 0.3) is 0 Å². The number of rotatable bonds is 10. The van der Waals surface area contributed by atoms with Crippen molar-refractivity contribution >= 4 is 29.9 Å². The first-order chi connectivity index (χ1) is 12.3. The summed E-state index contributed by atoms with van der Waals surface area (Å²) in [6, 6.07) is 14.5. The van der Waals surface area contributed by atoms with Crippen molar-refractivity contribution in [1.82, 2.24) is 10.6 Å². The largest absolute Gasteiger partial charge is 0.469 e. The maximum Gasteiger partial charge on any atom is 0.191 e. The van der Waals surface area contributed by atoms with Crippen LogP contribution in [0.5, 0.6) is 0 Å². The SMILES string of the molecule is CCOCCCN=C(NCCc1ccco1)NC(C)c1ccccc1.I. The molecule has 26 heavy (non-hydrogen) atoms. The number of benzene rings is 1. The molecule has 0 amide bonds. The zero-order valence-corrected chi connectivity index (χ0v) is 17.9. The fourth-order valence-corrected chi connectivity index (χ4v) is 2.44. The molecule has 5 nitrogen and oxygen atoms in total. The van der Waals surface area contributed by atoms with E-state index in [0.717, 1.165) is 50.9 Å². The third kappa shape index (κ3) is 8.71. The van der Waals surface area contributed by atoms with Crippen LogP contribution in [0.15, 0.2) is 58.1 Å². The van der Waals surface area contributed by atoms with Gasteiger partial charge in [0.15, 0.2) is 5.96 Å². The predicted molar refractivity (Wildman–Crippen MR) is 117 cm³/mol. The summed E-state index contributed by atoms with van der Waals surface area (Å²) in [5.74, 6) is 1.79. The van der Waals surface area contributed by atoms with Crippen LogP contribution in [0.25, 0.3) is 0 Å². The van der Waals surface area contributed by atoms with Gasteiger partial charge in [0, 0.05) is 32.7 Å². The Balaban J connectivity index is 0.00000338. The molecular formula is C20H30IN3O2. The summed E-state index contributed by atoms with van der Waals surface area (Å²) < 4.78 is 10.7. The number of hydrogen-bond donors (Lipinski definition) is 2. The normalized spacial score (nSPS) is 12.3. The van der Waals surface area contributed by atoms with Gasteiger partial charge in [-0.15, -0.1) is 24.0 Å². The number of ether oxygens (including phenoxy) is 1. The van der Waals surface area contributed by atoms with Gasteiger partial charge in [-0.05, 0) is 38.0 Å². The first-order valence-electron chi connectivity index (χ1n) is 8.99. The zero-order valence-electron chi connectivity index (χ0n) is 15.6. The lowest BCUT2D eigenvalue weighted by atomic mass is 10.1. The third-order valence-corrected chi connectivity index (χ3v) is 3.82. The molecule has 0 saturated heterocycles. The van der Waals surface area contributed by atoms with E-state index in [-0.39, 0.29) is 30.0 Å². The molecule has 1 aromatic carbocycles. The van der Waals surface area contributed by atoms with Crippen molar-refractivity contribution in [3.05, 3.63) is 60.1 Å². The Kier molecular flexibility index (Phi) is 11.8. The van der Waals surface area contributed by atoms with Gasteiger partial charge in [-0.25, -0.2) is 0 Å². The number of aliphatic imine (C=N–C) groups is 1. The van der Waals surface area contributed by atoms with E-state index in [2.05, 4.69) is 46.8 Å². The molecule has 0 aliphatic heterocycles. The van der Waals surface area contributed by atoms with Crippen molar-refractivity contribution in [3.63, 3.8) is 0 Å². The van der Waals surface area contributed by atoms with Crippen LogP contribution < -0.4 is 10.6 Å². The van der Waals surface area contributed by atoms with Crippen LogP contribution in [0.1, 0.15) is 37.6 Å². The molecule has 2 aromatic rings. The van der Waals surface area contributed by atoms with Gasteiger partial charge in [0.05, 0.1) is 12.3 Å². The van der Waals surface area contributed by atoms with Crippen molar-refractivity contribution in [1.29, 1.82) is 0 Å². The second kappa shape index (κ2) is 13.6.